The number of amides is 1. The zero-order chi connectivity index (χ0) is 13.7. The molecular formula is C12H19N3OS2. The minimum Gasteiger partial charge on any atom is -0.393 e. The van der Waals surface area contributed by atoms with E-state index in [4.69, 9.17) is 18.0 Å². The largest absolute Gasteiger partial charge is 0.393 e. The molecule has 0 aromatic carbocycles. The van der Waals surface area contributed by atoms with Gasteiger partial charge in [-0.05, 0) is 12.8 Å². The van der Waals surface area contributed by atoms with Crippen LogP contribution < -0.4 is 5.73 Å². The molecule has 0 saturated heterocycles. The van der Waals surface area contributed by atoms with Gasteiger partial charge in [0.25, 0.3) is 5.91 Å². The molecule has 1 heterocycles. The van der Waals surface area contributed by atoms with Crippen LogP contribution in [0.1, 0.15) is 35.8 Å². The van der Waals surface area contributed by atoms with Crippen molar-refractivity contribution in [1.29, 1.82) is 0 Å². The summed E-state index contributed by atoms with van der Waals surface area (Å²) >= 11 is 6.35. The third kappa shape index (κ3) is 4.70. The average Bonchev–Trinajstić information content (AvgIpc) is 2.69. The summed E-state index contributed by atoms with van der Waals surface area (Å²) in [5.74, 6) is 0.365. The number of nitrogens with zero attached hydrogens (tertiary/aromatic N) is 2. The predicted octanol–water partition coefficient (Wildman–Crippen LogP) is 2.23. The number of carbonyl (C=O) groups is 1. The van der Waals surface area contributed by atoms with E-state index in [1.54, 1.807) is 10.3 Å². The normalized spacial score (nSPS) is 10.7. The van der Waals surface area contributed by atoms with Crippen molar-refractivity contribution >= 4 is 34.5 Å². The molecule has 0 atom stereocenters. The number of aromatic nitrogens is 1. The smallest absolute Gasteiger partial charge is 0.273 e. The van der Waals surface area contributed by atoms with E-state index in [9.17, 15) is 4.79 Å². The molecule has 0 spiro atoms. The highest BCUT2D eigenvalue weighted by Gasteiger charge is 2.19. The topological polar surface area (TPSA) is 59.2 Å². The maximum atomic E-state index is 12.3. The van der Waals surface area contributed by atoms with Gasteiger partial charge in [-0.2, -0.15) is 0 Å². The molecule has 1 aromatic rings. The molecule has 0 aliphatic carbocycles. The Morgan fingerprint density at radius 2 is 2.28 bits per heavy atom. The number of hydrogen-bond donors (Lipinski definition) is 1. The third-order valence-corrected chi connectivity index (χ3v) is 3.32. The van der Waals surface area contributed by atoms with Crippen molar-refractivity contribution in [3.05, 3.63) is 16.1 Å². The van der Waals surface area contributed by atoms with E-state index in [1.807, 2.05) is 6.92 Å². The quantitative estimate of drug-likeness (QED) is 0.814. The molecule has 6 heteroatoms. The van der Waals surface area contributed by atoms with Gasteiger partial charge in [-0.25, -0.2) is 4.98 Å². The first-order valence-electron chi connectivity index (χ1n) is 5.90. The summed E-state index contributed by atoms with van der Waals surface area (Å²) in [6.07, 6.45) is 0.552. The molecule has 1 rings (SSSR count). The van der Waals surface area contributed by atoms with Crippen molar-refractivity contribution in [2.24, 2.45) is 11.7 Å². The van der Waals surface area contributed by atoms with Gasteiger partial charge in [-0.3, -0.25) is 4.79 Å². The number of rotatable bonds is 6. The lowest BCUT2D eigenvalue weighted by molar-refractivity contribution is 0.0736. The lowest BCUT2D eigenvalue weighted by Gasteiger charge is -2.23. The monoisotopic (exact) mass is 285 g/mol. The van der Waals surface area contributed by atoms with Gasteiger partial charge in [-0.1, -0.05) is 26.1 Å². The number of hydrogen-bond acceptors (Lipinski definition) is 4. The van der Waals surface area contributed by atoms with Gasteiger partial charge in [0.1, 0.15) is 5.69 Å². The predicted molar refractivity (Wildman–Crippen MR) is 79.0 cm³/mol. The molecule has 0 radical (unpaired) electrons. The van der Waals surface area contributed by atoms with Gasteiger partial charge in [0.2, 0.25) is 0 Å². The van der Waals surface area contributed by atoms with Crippen molar-refractivity contribution < 1.29 is 4.79 Å². The Kier molecular flexibility index (Phi) is 5.68. The molecule has 1 aromatic heterocycles. The second-order valence-electron chi connectivity index (χ2n) is 4.61. The van der Waals surface area contributed by atoms with E-state index in [2.05, 4.69) is 18.8 Å². The summed E-state index contributed by atoms with van der Waals surface area (Å²) in [5, 5.41) is 2.70. The highest BCUT2D eigenvalue weighted by molar-refractivity contribution is 7.80. The Bertz CT molecular complexity index is 429. The van der Waals surface area contributed by atoms with Crippen molar-refractivity contribution in [1.82, 2.24) is 9.88 Å². The standard InChI is InChI=1S/C12H19N3OS2/c1-8(2)6-15(5-4-11(13)17)12(16)10-7-18-9(3)14-10/h7-8H,4-6H2,1-3H3,(H2,13,17). The van der Waals surface area contributed by atoms with Crippen molar-refractivity contribution in [3.8, 4) is 0 Å². The second-order valence-corrected chi connectivity index (χ2v) is 6.20. The van der Waals surface area contributed by atoms with Crippen LogP contribution >= 0.6 is 23.6 Å². The maximum Gasteiger partial charge on any atom is 0.273 e. The Labute approximate surface area is 117 Å². The van der Waals surface area contributed by atoms with Gasteiger partial charge in [0.15, 0.2) is 0 Å². The summed E-state index contributed by atoms with van der Waals surface area (Å²) in [5.41, 5.74) is 6.01. The van der Waals surface area contributed by atoms with Gasteiger partial charge in [0, 0.05) is 24.9 Å². The first kappa shape index (κ1) is 15.0. The second kappa shape index (κ2) is 6.80. The fraction of sp³-hybridized carbons (Fsp3) is 0.583. The molecular weight excluding hydrogens is 266 g/mol. The Morgan fingerprint density at radius 3 is 2.72 bits per heavy atom. The fourth-order valence-electron chi connectivity index (χ4n) is 1.59. The molecule has 0 unspecified atom stereocenters. The van der Waals surface area contributed by atoms with Crippen LogP contribution in [0, 0.1) is 12.8 Å². The molecule has 2 N–H and O–H groups in total. The molecule has 0 bridgehead atoms. The Morgan fingerprint density at radius 1 is 1.61 bits per heavy atom. The first-order chi connectivity index (χ1) is 8.40. The average molecular weight is 285 g/mol. The van der Waals surface area contributed by atoms with E-state index in [1.165, 1.54) is 11.3 Å². The van der Waals surface area contributed by atoms with E-state index in [0.29, 0.717) is 36.1 Å². The Hall–Kier alpha value is -1.01. The van der Waals surface area contributed by atoms with Crippen LogP contribution in [0.15, 0.2) is 5.38 Å². The van der Waals surface area contributed by atoms with E-state index >= 15 is 0 Å². The summed E-state index contributed by atoms with van der Waals surface area (Å²) in [4.78, 5) is 18.7. The highest BCUT2D eigenvalue weighted by atomic mass is 32.1. The Balaban J connectivity index is 2.75. The van der Waals surface area contributed by atoms with Crippen LogP contribution in [-0.2, 0) is 0 Å². The van der Waals surface area contributed by atoms with Gasteiger partial charge in [0.05, 0.1) is 10.00 Å². The minimum absolute atomic E-state index is 0.0377. The van der Waals surface area contributed by atoms with Crippen molar-refractivity contribution in [2.45, 2.75) is 27.2 Å². The minimum atomic E-state index is -0.0377. The van der Waals surface area contributed by atoms with Gasteiger partial charge < -0.3 is 10.6 Å². The zero-order valence-electron chi connectivity index (χ0n) is 11.0. The number of thiocarbonyl (C=S) groups is 1. The van der Waals surface area contributed by atoms with Crippen molar-refractivity contribution in [3.63, 3.8) is 0 Å². The molecule has 100 valence electrons. The number of thiazole rings is 1. The van der Waals surface area contributed by atoms with Crippen LogP contribution in [0.4, 0.5) is 0 Å². The van der Waals surface area contributed by atoms with E-state index < -0.39 is 0 Å². The number of nitrogens with two attached hydrogens (primary N) is 1. The molecule has 4 nitrogen and oxygen atoms in total. The molecule has 1 amide bonds. The third-order valence-electron chi connectivity index (χ3n) is 2.34. The summed E-state index contributed by atoms with van der Waals surface area (Å²) in [6, 6.07) is 0. The van der Waals surface area contributed by atoms with Crippen LogP contribution in [0.5, 0.6) is 0 Å². The molecule has 0 fully saturated rings. The van der Waals surface area contributed by atoms with Crippen molar-refractivity contribution in [2.75, 3.05) is 13.1 Å². The maximum absolute atomic E-state index is 12.3. The van der Waals surface area contributed by atoms with Gasteiger partial charge >= 0.3 is 0 Å². The summed E-state index contributed by atoms with van der Waals surface area (Å²) < 4.78 is 0. The zero-order valence-corrected chi connectivity index (χ0v) is 12.6. The fourth-order valence-corrected chi connectivity index (χ4v) is 2.26. The molecule has 0 aliphatic heterocycles. The van der Waals surface area contributed by atoms with Crippen LogP contribution in [0.2, 0.25) is 0 Å². The SMILES string of the molecule is Cc1nc(C(=O)N(CCC(N)=S)CC(C)C)cs1. The van der Waals surface area contributed by atoms with Gasteiger partial charge in [-0.15, -0.1) is 11.3 Å². The summed E-state index contributed by atoms with van der Waals surface area (Å²) in [7, 11) is 0. The molecule has 0 aliphatic rings. The molecule has 18 heavy (non-hydrogen) atoms. The first-order valence-corrected chi connectivity index (χ1v) is 7.18. The van der Waals surface area contributed by atoms with Crippen LogP contribution in [0.25, 0.3) is 0 Å². The molecule has 0 saturated carbocycles. The summed E-state index contributed by atoms with van der Waals surface area (Å²) in [6.45, 7) is 7.30. The number of aryl methyl sites for hydroxylation is 1. The number of carbonyl (C=O) groups excluding carboxylic acids is 1. The van der Waals surface area contributed by atoms with Crippen LogP contribution in [-0.4, -0.2) is 33.9 Å². The van der Waals surface area contributed by atoms with E-state index in [-0.39, 0.29) is 5.91 Å². The lowest BCUT2D eigenvalue weighted by Crippen LogP contribution is -2.36. The highest BCUT2D eigenvalue weighted by Crippen LogP contribution is 2.12. The van der Waals surface area contributed by atoms with Crippen LogP contribution in [0.3, 0.4) is 0 Å². The lowest BCUT2D eigenvalue weighted by atomic mass is 10.2. The van der Waals surface area contributed by atoms with E-state index in [0.717, 1.165) is 5.01 Å².